The molecule has 0 saturated carbocycles. The first kappa shape index (κ1) is 13.8. The summed E-state index contributed by atoms with van der Waals surface area (Å²) in [6.07, 6.45) is 0.730. The third-order valence-electron chi connectivity index (χ3n) is 2.47. The normalized spacial score (nSPS) is 11.9. The van der Waals surface area contributed by atoms with Gasteiger partial charge in [-0.25, -0.2) is 0 Å². The number of nitrogens with one attached hydrogen (secondary N) is 1. The smallest absolute Gasteiger partial charge is 0.299 e. The maximum atomic E-state index is 10.8. The monoisotopic (exact) mass is 254 g/mol. The van der Waals surface area contributed by atoms with E-state index in [4.69, 9.17) is 5.73 Å². The Labute approximate surface area is 103 Å². The molecule has 0 heterocycles. The van der Waals surface area contributed by atoms with Crippen LogP contribution in [0.1, 0.15) is 13.3 Å². The lowest BCUT2D eigenvalue weighted by Crippen LogP contribution is -2.28. The molecule has 1 aromatic rings. The fraction of sp³-hybridized carbons (Fsp3) is 0.400. The number of nitrogens with two attached hydrogens (primary N) is 1. The minimum Gasteiger partial charge on any atom is -0.378 e. The Morgan fingerprint density at radius 2 is 2.00 bits per heavy atom. The van der Waals surface area contributed by atoms with Crippen LogP contribution < -0.4 is 11.1 Å². The second kappa shape index (κ2) is 5.92. The van der Waals surface area contributed by atoms with Crippen molar-refractivity contribution in [3.63, 3.8) is 0 Å². The first-order valence-electron chi connectivity index (χ1n) is 5.38. The van der Waals surface area contributed by atoms with E-state index in [1.165, 1.54) is 12.1 Å². The van der Waals surface area contributed by atoms with Crippen molar-refractivity contribution in [3.05, 3.63) is 38.4 Å². The van der Waals surface area contributed by atoms with Crippen molar-refractivity contribution in [2.45, 2.75) is 19.4 Å². The summed E-state index contributed by atoms with van der Waals surface area (Å²) >= 11 is 0. The highest BCUT2D eigenvalue weighted by Gasteiger charge is 2.19. The van der Waals surface area contributed by atoms with Gasteiger partial charge in [-0.2, -0.15) is 0 Å². The lowest BCUT2D eigenvalue weighted by molar-refractivity contribution is -0.393. The fourth-order valence-electron chi connectivity index (χ4n) is 1.32. The molecule has 1 rings (SSSR count). The number of hydrogen-bond donors (Lipinski definition) is 2. The van der Waals surface area contributed by atoms with Crippen LogP contribution in [-0.4, -0.2) is 22.4 Å². The van der Waals surface area contributed by atoms with Gasteiger partial charge in [0.05, 0.1) is 15.9 Å². The van der Waals surface area contributed by atoms with Gasteiger partial charge in [-0.15, -0.1) is 0 Å². The van der Waals surface area contributed by atoms with Crippen molar-refractivity contribution >= 4 is 17.1 Å². The molecule has 18 heavy (non-hydrogen) atoms. The zero-order valence-electron chi connectivity index (χ0n) is 9.83. The van der Waals surface area contributed by atoms with E-state index < -0.39 is 9.85 Å². The molecule has 1 aromatic carbocycles. The van der Waals surface area contributed by atoms with Crippen molar-refractivity contribution in [3.8, 4) is 0 Å². The van der Waals surface area contributed by atoms with E-state index in [9.17, 15) is 20.2 Å². The maximum absolute atomic E-state index is 10.8. The molecule has 1 atom stereocenters. The molecule has 0 fully saturated rings. The lowest BCUT2D eigenvalue weighted by atomic mass is 10.2. The molecule has 98 valence electrons. The van der Waals surface area contributed by atoms with E-state index in [-0.39, 0.29) is 23.1 Å². The van der Waals surface area contributed by atoms with Gasteiger partial charge in [-0.05, 0) is 12.5 Å². The summed E-state index contributed by atoms with van der Waals surface area (Å²) < 4.78 is 0. The van der Waals surface area contributed by atoms with Crippen LogP contribution in [0.2, 0.25) is 0 Å². The van der Waals surface area contributed by atoms with Crippen molar-refractivity contribution in [2.24, 2.45) is 5.73 Å². The fourth-order valence-corrected chi connectivity index (χ4v) is 1.32. The number of nitrogens with zero attached hydrogens (tertiary/aromatic N) is 2. The van der Waals surface area contributed by atoms with E-state index in [1.807, 2.05) is 6.92 Å². The van der Waals surface area contributed by atoms with Crippen molar-refractivity contribution in [1.29, 1.82) is 0 Å². The molecule has 0 amide bonds. The topological polar surface area (TPSA) is 124 Å². The molecule has 3 N–H and O–H groups in total. The molecule has 8 heteroatoms. The van der Waals surface area contributed by atoms with Crippen LogP contribution >= 0.6 is 0 Å². The third-order valence-corrected chi connectivity index (χ3v) is 2.47. The molecule has 1 unspecified atom stereocenters. The highest BCUT2D eigenvalue weighted by molar-refractivity contribution is 5.65. The standard InChI is InChI=1S/C10H14N4O4/c1-2-7(11)6-12-9-4-3-8(13(15)16)5-10(9)14(17)18/h3-5,7,12H,2,6,11H2,1H3. The molecule has 0 bridgehead atoms. The summed E-state index contributed by atoms with van der Waals surface area (Å²) in [5, 5.41) is 24.2. The predicted molar refractivity (Wildman–Crippen MR) is 66.5 cm³/mol. The number of benzene rings is 1. The molecule has 0 aliphatic rings. The summed E-state index contributed by atoms with van der Waals surface area (Å²) in [6, 6.07) is 3.34. The summed E-state index contributed by atoms with van der Waals surface area (Å²) in [5.41, 5.74) is 5.28. The molecule has 0 radical (unpaired) electrons. The van der Waals surface area contributed by atoms with Crippen LogP contribution in [0.5, 0.6) is 0 Å². The van der Waals surface area contributed by atoms with Gasteiger partial charge in [0.25, 0.3) is 11.4 Å². The molecule has 0 spiro atoms. The van der Waals surface area contributed by atoms with E-state index in [1.54, 1.807) is 0 Å². The molecule has 0 saturated heterocycles. The van der Waals surface area contributed by atoms with Crippen LogP contribution in [0.15, 0.2) is 18.2 Å². The first-order valence-corrected chi connectivity index (χ1v) is 5.38. The first-order chi connectivity index (χ1) is 8.45. The number of nitro groups is 2. The summed E-state index contributed by atoms with van der Waals surface area (Å²) in [7, 11) is 0. The third kappa shape index (κ3) is 3.39. The quantitative estimate of drug-likeness (QED) is 0.587. The van der Waals surface area contributed by atoms with Crippen LogP contribution in [0, 0.1) is 20.2 Å². The Kier molecular flexibility index (Phi) is 4.55. The number of nitro benzene ring substituents is 2. The van der Waals surface area contributed by atoms with Gasteiger partial charge in [-0.3, -0.25) is 20.2 Å². The van der Waals surface area contributed by atoms with E-state index in [0.29, 0.717) is 6.54 Å². The lowest BCUT2D eigenvalue weighted by Gasteiger charge is -2.11. The SMILES string of the molecule is CCC(N)CNc1ccc([N+](=O)[O-])cc1[N+](=O)[O-]. The van der Waals surface area contributed by atoms with E-state index >= 15 is 0 Å². The number of non-ortho nitro benzene ring substituents is 1. The Balaban J connectivity index is 2.97. The van der Waals surface area contributed by atoms with Gasteiger partial charge in [0.2, 0.25) is 0 Å². The van der Waals surface area contributed by atoms with Gasteiger partial charge >= 0.3 is 0 Å². The van der Waals surface area contributed by atoms with Gasteiger partial charge in [0.1, 0.15) is 5.69 Å². The average molecular weight is 254 g/mol. The second-order valence-corrected chi connectivity index (χ2v) is 3.76. The Bertz CT molecular complexity index is 463. The molecular weight excluding hydrogens is 240 g/mol. The highest BCUT2D eigenvalue weighted by atomic mass is 16.6. The van der Waals surface area contributed by atoms with Crippen LogP contribution in [0.4, 0.5) is 17.1 Å². The Morgan fingerprint density at radius 1 is 1.33 bits per heavy atom. The summed E-state index contributed by atoms with van der Waals surface area (Å²) in [5.74, 6) is 0. The number of hydrogen-bond acceptors (Lipinski definition) is 6. The molecule has 0 aliphatic carbocycles. The molecular formula is C10H14N4O4. The summed E-state index contributed by atoms with van der Waals surface area (Å²) in [6.45, 7) is 2.27. The highest BCUT2D eigenvalue weighted by Crippen LogP contribution is 2.28. The molecule has 0 aliphatic heterocycles. The largest absolute Gasteiger partial charge is 0.378 e. The minimum atomic E-state index is -0.672. The van der Waals surface area contributed by atoms with Crippen LogP contribution in [-0.2, 0) is 0 Å². The number of anilines is 1. The van der Waals surface area contributed by atoms with Gasteiger partial charge < -0.3 is 11.1 Å². The van der Waals surface area contributed by atoms with Crippen molar-refractivity contribution in [1.82, 2.24) is 0 Å². The maximum Gasteiger partial charge on any atom is 0.299 e. The zero-order chi connectivity index (χ0) is 13.7. The van der Waals surface area contributed by atoms with Crippen LogP contribution in [0.3, 0.4) is 0 Å². The minimum absolute atomic E-state index is 0.125. The van der Waals surface area contributed by atoms with Crippen molar-refractivity contribution in [2.75, 3.05) is 11.9 Å². The average Bonchev–Trinajstić information content (AvgIpc) is 2.35. The predicted octanol–water partition coefficient (Wildman–Crippen LogP) is 1.65. The van der Waals surface area contributed by atoms with Crippen LogP contribution in [0.25, 0.3) is 0 Å². The Hall–Kier alpha value is -2.22. The number of rotatable bonds is 6. The van der Waals surface area contributed by atoms with Crippen molar-refractivity contribution < 1.29 is 9.85 Å². The van der Waals surface area contributed by atoms with Gasteiger partial charge in [0, 0.05) is 18.7 Å². The zero-order valence-corrected chi connectivity index (χ0v) is 9.83. The molecule has 0 aromatic heterocycles. The van der Waals surface area contributed by atoms with Gasteiger partial charge in [-0.1, -0.05) is 6.92 Å². The Morgan fingerprint density at radius 3 is 2.50 bits per heavy atom. The van der Waals surface area contributed by atoms with Gasteiger partial charge in [0.15, 0.2) is 0 Å². The van der Waals surface area contributed by atoms with E-state index in [2.05, 4.69) is 5.32 Å². The molecule has 8 nitrogen and oxygen atoms in total. The summed E-state index contributed by atoms with van der Waals surface area (Å²) in [4.78, 5) is 20.0. The second-order valence-electron chi connectivity index (χ2n) is 3.76. The van der Waals surface area contributed by atoms with E-state index in [0.717, 1.165) is 12.5 Å².